The summed E-state index contributed by atoms with van der Waals surface area (Å²) in [5.74, 6) is 0.892. The molecule has 0 bridgehead atoms. The molecule has 0 unspecified atom stereocenters. The van der Waals surface area contributed by atoms with Gasteiger partial charge in [-0.2, -0.15) is 0 Å². The summed E-state index contributed by atoms with van der Waals surface area (Å²) in [6, 6.07) is 23.7. The monoisotopic (exact) mass is 413 g/mol. The molecule has 1 fully saturated rings. The van der Waals surface area contributed by atoms with Gasteiger partial charge in [0.2, 0.25) is 0 Å². The lowest BCUT2D eigenvalue weighted by Gasteiger charge is -2.21. The van der Waals surface area contributed by atoms with E-state index in [1.807, 2.05) is 48.5 Å². The number of H-pyrrole nitrogens is 1. The van der Waals surface area contributed by atoms with E-state index < -0.39 is 0 Å². The van der Waals surface area contributed by atoms with Gasteiger partial charge in [0.15, 0.2) is 10.9 Å². The second-order valence-corrected chi connectivity index (χ2v) is 8.54. The fourth-order valence-electron chi connectivity index (χ4n) is 4.00. The molecule has 0 radical (unpaired) electrons. The van der Waals surface area contributed by atoms with Gasteiger partial charge in [-0.3, -0.25) is 4.79 Å². The number of carbonyl (C=O) groups excluding carboxylic acids is 1. The Morgan fingerprint density at radius 3 is 2.53 bits per heavy atom. The van der Waals surface area contributed by atoms with Gasteiger partial charge in [0.05, 0.1) is 11.0 Å². The minimum absolute atomic E-state index is 0.0286. The summed E-state index contributed by atoms with van der Waals surface area (Å²) in [6.07, 6.45) is 2.55. The molecular weight excluding hydrogens is 390 g/mol. The zero-order valence-electron chi connectivity index (χ0n) is 16.7. The molecule has 0 spiro atoms. The van der Waals surface area contributed by atoms with Gasteiger partial charge >= 0.3 is 0 Å². The van der Waals surface area contributed by atoms with E-state index in [9.17, 15) is 4.79 Å². The largest absolute Gasteiger partial charge is 0.371 e. The number of aromatic amines is 1. The smallest absolute Gasteiger partial charge is 0.193 e. The predicted octanol–water partition coefficient (Wildman–Crippen LogP) is 5.69. The number of ketones is 1. The van der Waals surface area contributed by atoms with Crippen LogP contribution in [0.3, 0.4) is 0 Å². The summed E-state index contributed by atoms with van der Waals surface area (Å²) >= 11 is 1.70. The van der Waals surface area contributed by atoms with Crippen LogP contribution in [0.1, 0.15) is 34.3 Å². The topological polar surface area (TPSA) is 49.0 Å². The van der Waals surface area contributed by atoms with Crippen LogP contribution in [0.5, 0.6) is 0 Å². The Bertz CT molecular complexity index is 1180. The Hall–Kier alpha value is -3.05. The van der Waals surface area contributed by atoms with Crippen LogP contribution in [0.2, 0.25) is 0 Å². The molecule has 5 rings (SSSR count). The first-order chi connectivity index (χ1) is 14.8. The normalized spacial score (nSPS) is 13.8. The minimum atomic E-state index is 0.0286. The summed E-state index contributed by atoms with van der Waals surface area (Å²) in [6.45, 7) is 2.29. The fourth-order valence-corrected chi connectivity index (χ4v) is 4.88. The van der Waals surface area contributed by atoms with Crippen molar-refractivity contribution in [3.8, 4) is 0 Å². The molecule has 30 heavy (non-hydrogen) atoms. The first kappa shape index (κ1) is 18.9. The molecule has 2 heterocycles. The number of nitrogens with one attached hydrogen (secondary N) is 1. The molecule has 3 aromatic carbocycles. The number of hydrogen-bond donors (Lipinski definition) is 1. The summed E-state index contributed by atoms with van der Waals surface area (Å²) in [7, 11) is 0. The van der Waals surface area contributed by atoms with Gasteiger partial charge in [0.1, 0.15) is 0 Å². The van der Waals surface area contributed by atoms with Gasteiger partial charge in [0.25, 0.3) is 0 Å². The fraction of sp³-hybridized carbons (Fsp3) is 0.200. The number of benzene rings is 3. The van der Waals surface area contributed by atoms with Crippen LogP contribution in [0.25, 0.3) is 11.0 Å². The zero-order chi connectivity index (χ0) is 20.3. The van der Waals surface area contributed by atoms with Crippen molar-refractivity contribution in [3.05, 3.63) is 89.5 Å². The second-order valence-electron chi connectivity index (χ2n) is 7.58. The highest BCUT2D eigenvalue weighted by Crippen LogP contribution is 2.30. The van der Waals surface area contributed by atoms with Crippen LogP contribution in [-0.2, 0) is 5.75 Å². The SMILES string of the molecule is O=C(c1ccccc1)c1ccc2nc(SCc3ccccc3N3CCCC3)[nH]c2c1. The first-order valence-corrected chi connectivity index (χ1v) is 11.3. The van der Waals surface area contributed by atoms with E-state index in [2.05, 4.69) is 34.1 Å². The van der Waals surface area contributed by atoms with Gasteiger partial charge in [-0.15, -0.1) is 0 Å². The summed E-state index contributed by atoms with van der Waals surface area (Å²) in [4.78, 5) is 23.3. The third-order valence-electron chi connectivity index (χ3n) is 5.56. The van der Waals surface area contributed by atoms with Crippen LogP contribution in [0, 0.1) is 0 Å². The zero-order valence-corrected chi connectivity index (χ0v) is 17.5. The Balaban J connectivity index is 1.35. The number of carbonyl (C=O) groups is 1. The van der Waals surface area contributed by atoms with E-state index in [-0.39, 0.29) is 5.78 Å². The predicted molar refractivity (Wildman–Crippen MR) is 123 cm³/mol. The number of aromatic nitrogens is 2. The van der Waals surface area contributed by atoms with Crippen molar-refractivity contribution in [3.63, 3.8) is 0 Å². The lowest BCUT2D eigenvalue weighted by molar-refractivity contribution is 0.103. The molecule has 5 heteroatoms. The Morgan fingerprint density at radius 1 is 0.933 bits per heavy atom. The van der Waals surface area contributed by atoms with Gasteiger partial charge in [-0.25, -0.2) is 4.98 Å². The number of para-hydroxylation sites is 1. The highest BCUT2D eigenvalue weighted by atomic mass is 32.2. The maximum Gasteiger partial charge on any atom is 0.193 e. The van der Waals surface area contributed by atoms with Crippen LogP contribution >= 0.6 is 11.8 Å². The van der Waals surface area contributed by atoms with E-state index in [4.69, 9.17) is 4.98 Å². The maximum atomic E-state index is 12.7. The molecule has 0 atom stereocenters. The van der Waals surface area contributed by atoms with E-state index in [0.29, 0.717) is 11.1 Å². The molecule has 4 aromatic rings. The molecule has 1 saturated heterocycles. The summed E-state index contributed by atoms with van der Waals surface area (Å²) in [5, 5.41) is 0.880. The molecule has 1 aliphatic rings. The average molecular weight is 414 g/mol. The van der Waals surface area contributed by atoms with Gasteiger partial charge < -0.3 is 9.88 Å². The van der Waals surface area contributed by atoms with Crippen molar-refractivity contribution >= 4 is 34.3 Å². The number of nitrogens with zero attached hydrogens (tertiary/aromatic N) is 2. The number of rotatable bonds is 6. The van der Waals surface area contributed by atoms with Crippen LogP contribution < -0.4 is 4.90 Å². The van der Waals surface area contributed by atoms with E-state index in [0.717, 1.165) is 35.0 Å². The number of imidazole rings is 1. The highest BCUT2D eigenvalue weighted by molar-refractivity contribution is 7.98. The Kier molecular flexibility index (Phi) is 5.28. The number of fused-ring (bicyclic) bond motifs is 1. The Labute approximate surface area is 180 Å². The third-order valence-corrected chi connectivity index (χ3v) is 6.48. The van der Waals surface area contributed by atoms with Crippen molar-refractivity contribution in [1.82, 2.24) is 9.97 Å². The summed E-state index contributed by atoms with van der Waals surface area (Å²) in [5.41, 5.74) is 5.83. The molecule has 4 nitrogen and oxygen atoms in total. The lowest BCUT2D eigenvalue weighted by Crippen LogP contribution is -2.18. The molecule has 0 amide bonds. The van der Waals surface area contributed by atoms with E-state index in [1.165, 1.54) is 24.1 Å². The van der Waals surface area contributed by atoms with E-state index >= 15 is 0 Å². The molecule has 0 aliphatic carbocycles. The quantitative estimate of drug-likeness (QED) is 0.326. The first-order valence-electron chi connectivity index (χ1n) is 10.3. The minimum Gasteiger partial charge on any atom is -0.371 e. The number of anilines is 1. The highest BCUT2D eigenvalue weighted by Gasteiger charge is 2.16. The van der Waals surface area contributed by atoms with Crippen molar-refractivity contribution in [1.29, 1.82) is 0 Å². The van der Waals surface area contributed by atoms with Gasteiger partial charge in [-0.05, 0) is 42.7 Å². The molecule has 1 aromatic heterocycles. The van der Waals surface area contributed by atoms with Crippen LogP contribution in [0.4, 0.5) is 5.69 Å². The van der Waals surface area contributed by atoms with Gasteiger partial charge in [-0.1, -0.05) is 60.3 Å². The number of thioether (sulfide) groups is 1. The van der Waals surface area contributed by atoms with E-state index in [1.54, 1.807) is 11.8 Å². The van der Waals surface area contributed by atoms with Crippen molar-refractivity contribution in [2.45, 2.75) is 23.8 Å². The van der Waals surface area contributed by atoms with Crippen LogP contribution in [0.15, 0.2) is 78.0 Å². The molecule has 1 aliphatic heterocycles. The Morgan fingerprint density at radius 2 is 1.70 bits per heavy atom. The maximum absolute atomic E-state index is 12.7. The average Bonchev–Trinajstić information content (AvgIpc) is 3.47. The molecule has 150 valence electrons. The molecule has 0 saturated carbocycles. The number of hydrogen-bond acceptors (Lipinski definition) is 4. The van der Waals surface area contributed by atoms with Crippen molar-refractivity contribution in [2.24, 2.45) is 0 Å². The van der Waals surface area contributed by atoms with Crippen LogP contribution in [-0.4, -0.2) is 28.8 Å². The van der Waals surface area contributed by atoms with Gasteiger partial charge in [0, 0.05) is 35.7 Å². The third kappa shape index (κ3) is 3.85. The standard InChI is InChI=1S/C25H23N3OS/c29-24(18-8-2-1-3-9-18)19-12-13-21-22(16-19)27-25(26-21)30-17-20-10-4-5-11-23(20)28-14-6-7-15-28/h1-5,8-13,16H,6-7,14-15,17H2,(H,26,27). The lowest BCUT2D eigenvalue weighted by atomic mass is 10.0. The van der Waals surface area contributed by atoms with Crippen molar-refractivity contribution in [2.75, 3.05) is 18.0 Å². The molecule has 1 N–H and O–H groups in total. The summed E-state index contributed by atoms with van der Waals surface area (Å²) < 4.78 is 0. The molecular formula is C25H23N3OS. The second kappa shape index (κ2) is 8.36. The van der Waals surface area contributed by atoms with Crippen molar-refractivity contribution < 1.29 is 4.79 Å².